The second-order valence-electron chi connectivity index (χ2n) is 9.37. The number of likely N-dealkylation sites (tertiary alicyclic amines) is 1. The number of nitrogens with zero attached hydrogens (tertiary/aromatic N) is 4. The summed E-state index contributed by atoms with van der Waals surface area (Å²) in [5.41, 5.74) is 6.30. The second-order valence-corrected chi connectivity index (χ2v) is 11.2. The van der Waals surface area contributed by atoms with Crippen molar-refractivity contribution in [3.63, 3.8) is 0 Å². The third-order valence-corrected chi connectivity index (χ3v) is 8.60. The predicted octanol–water partition coefficient (Wildman–Crippen LogP) is 6.65. The van der Waals surface area contributed by atoms with Crippen molar-refractivity contribution in [2.75, 3.05) is 25.5 Å². The number of fused-ring (bicyclic) bond motifs is 1. The number of anilines is 1. The summed E-state index contributed by atoms with van der Waals surface area (Å²) in [5, 5.41) is 6.45. The van der Waals surface area contributed by atoms with Crippen LogP contribution in [0, 0.1) is 6.92 Å². The molecular weight excluding hydrogens is 514 g/mol. The molecular formula is C29H27N5O2S2. The van der Waals surface area contributed by atoms with E-state index in [1.807, 2.05) is 67.0 Å². The highest BCUT2D eigenvalue weighted by atomic mass is 32.1. The normalized spacial score (nSPS) is 13.7. The molecule has 5 aromatic rings. The second kappa shape index (κ2) is 10.6. The fourth-order valence-electron chi connectivity index (χ4n) is 4.66. The number of pyridine rings is 1. The Kier molecular flexibility index (Phi) is 6.88. The van der Waals surface area contributed by atoms with Crippen LogP contribution in [-0.4, -0.2) is 46.0 Å². The quantitative estimate of drug-likeness (QED) is 0.249. The number of rotatable bonds is 7. The molecule has 6 rings (SSSR count). The van der Waals surface area contributed by atoms with E-state index in [0.29, 0.717) is 22.0 Å². The molecule has 0 radical (unpaired) electrons. The minimum Gasteiger partial charge on any atom is -0.494 e. The average molecular weight is 542 g/mol. The van der Waals surface area contributed by atoms with E-state index >= 15 is 0 Å². The highest BCUT2D eigenvalue weighted by Gasteiger charge is 2.19. The van der Waals surface area contributed by atoms with Crippen LogP contribution in [0.5, 0.6) is 5.75 Å². The van der Waals surface area contributed by atoms with Gasteiger partial charge in [-0.15, -0.1) is 11.3 Å². The smallest absolute Gasteiger partial charge is 0.257 e. The van der Waals surface area contributed by atoms with E-state index in [2.05, 4.69) is 15.2 Å². The van der Waals surface area contributed by atoms with Gasteiger partial charge in [-0.05, 0) is 74.8 Å². The molecule has 0 spiro atoms. The number of hydrogen-bond acceptors (Lipinski definition) is 8. The van der Waals surface area contributed by atoms with E-state index in [1.54, 1.807) is 18.4 Å². The molecule has 1 fully saturated rings. The Labute approximate surface area is 229 Å². The number of thiazole rings is 2. The number of aromatic nitrogens is 3. The van der Waals surface area contributed by atoms with Crippen LogP contribution in [0.2, 0.25) is 0 Å². The van der Waals surface area contributed by atoms with Crippen LogP contribution in [0.1, 0.15) is 34.5 Å². The lowest BCUT2D eigenvalue weighted by molar-refractivity contribution is 0.102. The van der Waals surface area contributed by atoms with Gasteiger partial charge in [0.25, 0.3) is 5.91 Å². The van der Waals surface area contributed by atoms with Crippen LogP contribution in [0.3, 0.4) is 0 Å². The van der Waals surface area contributed by atoms with Crippen molar-refractivity contribution in [2.45, 2.75) is 26.3 Å². The molecule has 4 heterocycles. The third-order valence-electron chi connectivity index (χ3n) is 6.71. The Morgan fingerprint density at radius 1 is 1.05 bits per heavy atom. The van der Waals surface area contributed by atoms with Crippen LogP contribution >= 0.6 is 22.7 Å². The minimum absolute atomic E-state index is 0.180. The third kappa shape index (κ3) is 5.05. The zero-order valence-electron chi connectivity index (χ0n) is 21.2. The van der Waals surface area contributed by atoms with E-state index in [-0.39, 0.29) is 5.91 Å². The first-order valence-electron chi connectivity index (χ1n) is 12.6. The van der Waals surface area contributed by atoms with Crippen molar-refractivity contribution in [1.29, 1.82) is 0 Å². The molecule has 1 aliphatic rings. The number of amides is 1. The maximum atomic E-state index is 13.0. The maximum Gasteiger partial charge on any atom is 0.257 e. The first-order valence-corrected chi connectivity index (χ1v) is 14.3. The zero-order valence-corrected chi connectivity index (χ0v) is 22.9. The molecule has 0 bridgehead atoms. The van der Waals surface area contributed by atoms with Crippen LogP contribution < -0.4 is 10.1 Å². The van der Waals surface area contributed by atoms with Gasteiger partial charge in [0.2, 0.25) is 0 Å². The van der Waals surface area contributed by atoms with Crippen molar-refractivity contribution in [3.8, 4) is 27.6 Å². The van der Waals surface area contributed by atoms with E-state index in [0.717, 1.165) is 51.9 Å². The molecule has 9 heteroatoms. The van der Waals surface area contributed by atoms with Gasteiger partial charge in [0.05, 0.1) is 17.5 Å². The summed E-state index contributed by atoms with van der Waals surface area (Å²) in [6.07, 6.45) is 4.38. The summed E-state index contributed by atoms with van der Waals surface area (Å²) in [7, 11) is 1.63. The van der Waals surface area contributed by atoms with E-state index in [1.165, 1.54) is 29.7 Å². The van der Waals surface area contributed by atoms with Gasteiger partial charge in [0.1, 0.15) is 16.3 Å². The summed E-state index contributed by atoms with van der Waals surface area (Å²) < 4.78 is 6.49. The van der Waals surface area contributed by atoms with Gasteiger partial charge in [-0.3, -0.25) is 20.0 Å². The van der Waals surface area contributed by atoms with Crippen LogP contribution in [0.4, 0.5) is 5.13 Å². The van der Waals surface area contributed by atoms with E-state index < -0.39 is 0 Å². The number of aryl methyl sites for hydroxylation is 1. The molecule has 192 valence electrons. The predicted molar refractivity (Wildman–Crippen MR) is 154 cm³/mol. The van der Waals surface area contributed by atoms with Crippen molar-refractivity contribution in [2.24, 2.45) is 0 Å². The molecule has 0 unspecified atom stereocenters. The van der Waals surface area contributed by atoms with Crippen molar-refractivity contribution >= 4 is 43.9 Å². The zero-order chi connectivity index (χ0) is 26.1. The number of hydrogen-bond donors (Lipinski definition) is 1. The molecule has 7 nitrogen and oxygen atoms in total. The number of methoxy groups -OCH3 is 1. The van der Waals surface area contributed by atoms with Gasteiger partial charge < -0.3 is 4.74 Å². The number of ether oxygens (including phenoxy) is 1. The fourth-order valence-corrected chi connectivity index (χ4v) is 6.47. The molecule has 38 heavy (non-hydrogen) atoms. The number of nitrogens with one attached hydrogen (secondary N) is 1. The lowest BCUT2D eigenvalue weighted by Crippen LogP contribution is -2.18. The monoisotopic (exact) mass is 541 g/mol. The number of benzene rings is 2. The minimum atomic E-state index is -0.180. The summed E-state index contributed by atoms with van der Waals surface area (Å²) in [4.78, 5) is 29.5. The molecule has 2 aromatic carbocycles. The average Bonchev–Trinajstić information content (AvgIpc) is 3.70. The maximum absolute atomic E-state index is 13.0. The SMILES string of the molecule is COc1ccc(-c2csc(-c3ccc(C)nc3)n2)c2sc(NC(=O)c3ccc(CN4CCCC4)cc3)nc12. The molecule has 0 saturated carbocycles. The number of carbonyl (C=O) groups excluding carboxylic acids is 1. The standard InChI is InChI=1S/C29H27N5O2S2/c1-18-5-8-21(15-30-18)28-31-23(17-37-28)22-11-12-24(36-2)25-26(22)38-29(32-25)33-27(35)20-9-6-19(7-10-20)16-34-13-3-4-14-34/h5-12,15,17H,3-4,13-14,16H2,1-2H3,(H,32,33,35). The van der Waals surface area contributed by atoms with Crippen LogP contribution in [0.15, 0.2) is 60.1 Å². The van der Waals surface area contributed by atoms with E-state index in [9.17, 15) is 4.79 Å². The van der Waals surface area contributed by atoms with Crippen molar-refractivity contribution in [1.82, 2.24) is 19.9 Å². The Morgan fingerprint density at radius 3 is 2.61 bits per heavy atom. The van der Waals surface area contributed by atoms with Crippen molar-refractivity contribution < 1.29 is 9.53 Å². The molecule has 1 N–H and O–H groups in total. The van der Waals surface area contributed by atoms with Crippen molar-refractivity contribution in [3.05, 3.63) is 76.9 Å². The Balaban J connectivity index is 1.25. The van der Waals surface area contributed by atoms with Gasteiger partial charge in [0.15, 0.2) is 5.13 Å². The summed E-state index contributed by atoms with van der Waals surface area (Å²) >= 11 is 3.00. The molecule has 1 amide bonds. The summed E-state index contributed by atoms with van der Waals surface area (Å²) in [6, 6.07) is 15.8. The molecule has 3 aromatic heterocycles. The van der Waals surface area contributed by atoms with E-state index in [4.69, 9.17) is 14.7 Å². The van der Waals surface area contributed by atoms with Gasteiger partial charge in [-0.1, -0.05) is 23.5 Å². The highest BCUT2D eigenvalue weighted by molar-refractivity contribution is 7.23. The van der Waals surface area contributed by atoms with Gasteiger partial charge in [-0.25, -0.2) is 9.97 Å². The first kappa shape index (κ1) is 24.7. The Bertz CT molecular complexity index is 1590. The van der Waals surface area contributed by atoms with Gasteiger partial charge >= 0.3 is 0 Å². The van der Waals surface area contributed by atoms with Gasteiger partial charge in [0, 0.05) is 40.5 Å². The fraction of sp³-hybridized carbons (Fsp3) is 0.241. The highest BCUT2D eigenvalue weighted by Crippen LogP contribution is 2.40. The molecule has 1 saturated heterocycles. The molecule has 1 aliphatic heterocycles. The number of carbonyl (C=O) groups is 1. The first-order chi connectivity index (χ1) is 18.6. The Hall–Kier alpha value is -3.66. The molecule has 0 atom stereocenters. The Morgan fingerprint density at radius 2 is 1.87 bits per heavy atom. The lowest BCUT2D eigenvalue weighted by atomic mass is 10.1. The topological polar surface area (TPSA) is 80.2 Å². The summed E-state index contributed by atoms with van der Waals surface area (Å²) in [5.74, 6) is 0.477. The van der Waals surface area contributed by atoms with Crippen LogP contribution in [-0.2, 0) is 6.54 Å². The largest absolute Gasteiger partial charge is 0.494 e. The van der Waals surface area contributed by atoms with Crippen LogP contribution in [0.25, 0.3) is 32.0 Å². The lowest BCUT2D eigenvalue weighted by Gasteiger charge is -2.14. The summed E-state index contributed by atoms with van der Waals surface area (Å²) in [6.45, 7) is 5.20. The molecule has 0 aliphatic carbocycles. The van der Waals surface area contributed by atoms with Gasteiger partial charge in [-0.2, -0.15) is 0 Å².